The molecule has 0 amide bonds. The number of hydrogen-bond donors (Lipinski definition) is 1. The van der Waals surface area contributed by atoms with Crippen LogP contribution in [-0.4, -0.2) is 16.4 Å². The third-order valence-corrected chi connectivity index (χ3v) is 4.34. The first-order chi connectivity index (χ1) is 8.78. The molecular weight excluding hydrogens is 314 g/mol. The summed E-state index contributed by atoms with van der Waals surface area (Å²) in [6, 6.07) is 2.17. The summed E-state index contributed by atoms with van der Waals surface area (Å²) in [4.78, 5) is 5.63. The molecule has 0 aliphatic rings. The van der Waals surface area contributed by atoms with Crippen LogP contribution in [0.4, 0.5) is 0 Å². The summed E-state index contributed by atoms with van der Waals surface area (Å²) >= 11 is 5.07. The predicted octanol–water partition coefficient (Wildman–Crippen LogP) is 3.25. The maximum atomic E-state index is 5.28. The van der Waals surface area contributed by atoms with Gasteiger partial charge in [-0.25, -0.2) is 4.98 Å². The third-order valence-electron chi connectivity index (χ3n) is 2.93. The lowest BCUT2D eigenvalue weighted by atomic mass is 10.1. The van der Waals surface area contributed by atoms with Gasteiger partial charge in [0, 0.05) is 35.8 Å². The van der Waals surface area contributed by atoms with Crippen molar-refractivity contribution in [1.82, 2.24) is 14.7 Å². The van der Waals surface area contributed by atoms with Crippen LogP contribution in [0.15, 0.2) is 39.2 Å². The van der Waals surface area contributed by atoms with Gasteiger partial charge in [0.15, 0.2) is 9.63 Å². The second-order valence-electron chi connectivity index (χ2n) is 4.02. The third kappa shape index (κ3) is 2.11. The highest BCUT2D eigenvalue weighted by Gasteiger charge is 2.17. The molecule has 3 heterocycles. The second-order valence-corrected chi connectivity index (χ2v) is 5.61. The molecule has 3 rings (SSSR count). The number of thiazole rings is 1. The molecule has 0 saturated carbocycles. The van der Waals surface area contributed by atoms with Crippen LogP contribution in [0.25, 0.3) is 4.96 Å². The molecule has 0 spiro atoms. The molecule has 1 unspecified atom stereocenters. The van der Waals surface area contributed by atoms with Gasteiger partial charge in [-0.1, -0.05) is 0 Å². The average molecular weight is 326 g/mol. The van der Waals surface area contributed by atoms with Gasteiger partial charge in [0.1, 0.15) is 0 Å². The van der Waals surface area contributed by atoms with Crippen LogP contribution in [0.2, 0.25) is 0 Å². The van der Waals surface area contributed by atoms with Crippen LogP contribution >= 0.6 is 27.3 Å². The minimum atomic E-state index is 0.197. The molecular formula is C12H12BrN3OS. The van der Waals surface area contributed by atoms with Crippen LogP contribution in [-0.2, 0) is 6.42 Å². The van der Waals surface area contributed by atoms with Gasteiger partial charge in [-0.15, -0.1) is 11.3 Å². The minimum Gasteiger partial charge on any atom is -0.457 e. The molecule has 0 radical (unpaired) electrons. The highest BCUT2D eigenvalue weighted by molar-refractivity contribution is 9.10. The molecule has 6 heteroatoms. The van der Waals surface area contributed by atoms with Crippen LogP contribution in [0.3, 0.4) is 0 Å². The quantitative estimate of drug-likeness (QED) is 0.800. The maximum absolute atomic E-state index is 5.28. The lowest BCUT2D eigenvalue weighted by molar-refractivity contribution is 0.517. The fourth-order valence-corrected chi connectivity index (χ4v) is 3.24. The summed E-state index contributed by atoms with van der Waals surface area (Å²) in [6.45, 7) is 0. The van der Waals surface area contributed by atoms with E-state index in [0.717, 1.165) is 27.3 Å². The van der Waals surface area contributed by atoms with Crippen molar-refractivity contribution in [2.45, 2.75) is 12.5 Å². The zero-order chi connectivity index (χ0) is 12.5. The Hall–Kier alpha value is -1.11. The van der Waals surface area contributed by atoms with Crippen LogP contribution in [0.1, 0.15) is 17.3 Å². The number of fused-ring (bicyclic) bond motifs is 1. The van der Waals surface area contributed by atoms with E-state index in [1.807, 2.05) is 24.7 Å². The SMILES string of the molecule is CNC(Cc1cn2ccsc2n1)c1ccoc1Br. The summed E-state index contributed by atoms with van der Waals surface area (Å²) in [6.07, 6.45) is 6.63. The van der Waals surface area contributed by atoms with Gasteiger partial charge >= 0.3 is 0 Å². The van der Waals surface area contributed by atoms with Crippen molar-refractivity contribution in [3.8, 4) is 0 Å². The van der Waals surface area contributed by atoms with E-state index < -0.39 is 0 Å². The number of likely N-dealkylation sites (N-methyl/N-ethyl adjacent to an activating group) is 1. The fourth-order valence-electron chi connectivity index (χ4n) is 2.00. The number of rotatable bonds is 4. The smallest absolute Gasteiger partial charge is 0.193 e. The van der Waals surface area contributed by atoms with E-state index in [1.54, 1.807) is 17.6 Å². The normalized spacial score (nSPS) is 13.2. The highest BCUT2D eigenvalue weighted by Crippen LogP contribution is 2.27. The van der Waals surface area contributed by atoms with Gasteiger partial charge in [0.25, 0.3) is 0 Å². The topological polar surface area (TPSA) is 42.5 Å². The Morgan fingerprint density at radius 2 is 2.50 bits per heavy atom. The maximum Gasteiger partial charge on any atom is 0.193 e. The summed E-state index contributed by atoms with van der Waals surface area (Å²) in [7, 11) is 1.95. The average Bonchev–Trinajstić information content (AvgIpc) is 3.01. The molecule has 0 aliphatic carbocycles. The number of hydrogen-bond acceptors (Lipinski definition) is 4. The van der Waals surface area contributed by atoms with E-state index in [2.05, 4.69) is 36.8 Å². The number of imidazole rings is 1. The Balaban J connectivity index is 1.86. The molecule has 1 N–H and O–H groups in total. The molecule has 94 valence electrons. The van der Waals surface area contributed by atoms with E-state index in [4.69, 9.17) is 4.42 Å². The Morgan fingerprint density at radius 3 is 3.17 bits per heavy atom. The summed E-state index contributed by atoms with van der Waals surface area (Å²) < 4.78 is 8.12. The number of halogens is 1. The number of aromatic nitrogens is 2. The van der Waals surface area contributed by atoms with E-state index in [-0.39, 0.29) is 6.04 Å². The number of furan rings is 1. The van der Waals surface area contributed by atoms with E-state index in [0.29, 0.717) is 0 Å². The van der Waals surface area contributed by atoms with Gasteiger partial charge < -0.3 is 9.73 Å². The lowest BCUT2D eigenvalue weighted by Gasteiger charge is -2.13. The minimum absolute atomic E-state index is 0.197. The zero-order valence-electron chi connectivity index (χ0n) is 9.76. The van der Waals surface area contributed by atoms with Crippen molar-refractivity contribution >= 4 is 32.2 Å². The van der Waals surface area contributed by atoms with E-state index >= 15 is 0 Å². The standard InChI is InChI=1S/C12H12BrN3OS/c1-14-10(9-2-4-17-11(9)13)6-8-7-16-3-5-18-12(16)15-8/h2-5,7,10,14H,6H2,1H3. The Morgan fingerprint density at radius 1 is 1.61 bits per heavy atom. The Labute approximate surface area is 117 Å². The van der Waals surface area contributed by atoms with E-state index in [9.17, 15) is 0 Å². The van der Waals surface area contributed by atoms with Crippen molar-refractivity contribution in [3.63, 3.8) is 0 Å². The Kier molecular flexibility index (Phi) is 3.23. The van der Waals surface area contributed by atoms with Gasteiger partial charge in [-0.05, 0) is 29.0 Å². The zero-order valence-corrected chi connectivity index (χ0v) is 12.2. The molecule has 3 aromatic rings. The van der Waals surface area contributed by atoms with Crippen LogP contribution < -0.4 is 5.32 Å². The van der Waals surface area contributed by atoms with Gasteiger partial charge in [-0.3, -0.25) is 4.40 Å². The summed E-state index contributed by atoms with van der Waals surface area (Å²) in [5, 5.41) is 5.33. The Bertz CT molecular complexity index is 628. The summed E-state index contributed by atoms with van der Waals surface area (Å²) in [5.74, 6) is 0. The van der Waals surface area contributed by atoms with Crippen molar-refractivity contribution in [2.24, 2.45) is 0 Å². The highest BCUT2D eigenvalue weighted by atomic mass is 79.9. The monoisotopic (exact) mass is 325 g/mol. The molecule has 1 atom stereocenters. The van der Waals surface area contributed by atoms with Crippen molar-refractivity contribution in [1.29, 1.82) is 0 Å². The van der Waals surface area contributed by atoms with Gasteiger partial charge in [-0.2, -0.15) is 0 Å². The number of nitrogens with one attached hydrogen (secondary N) is 1. The largest absolute Gasteiger partial charge is 0.457 e. The molecule has 0 aromatic carbocycles. The van der Waals surface area contributed by atoms with Crippen LogP contribution in [0, 0.1) is 0 Å². The summed E-state index contributed by atoms with van der Waals surface area (Å²) in [5.41, 5.74) is 2.20. The first kappa shape index (κ1) is 12.0. The van der Waals surface area contributed by atoms with Crippen molar-refractivity contribution in [2.75, 3.05) is 7.05 Å². The van der Waals surface area contributed by atoms with Crippen LogP contribution in [0.5, 0.6) is 0 Å². The first-order valence-corrected chi connectivity index (χ1v) is 7.26. The molecule has 0 saturated heterocycles. The van der Waals surface area contributed by atoms with Crippen molar-refractivity contribution in [3.05, 3.63) is 46.0 Å². The molecule has 0 bridgehead atoms. The van der Waals surface area contributed by atoms with E-state index in [1.165, 1.54) is 0 Å². The molecule has 4 nitrogen and oxygen atoms in total. The van der Waals surface area contributed by atoms with Gasteiger partial charge in [0.2, 0.25) is 0 Å². The van der Waals surface area contributed by atoms with Crippen molar-refractivity contribution < 1.29 is 4.42 Å². The van der Waals surface area contributed by atoms with Gasteiger partial charge in [0.05, 0.1) is 12.0 Å². The lowest BCUT2D eigenvalue weighted by Crippen LogP contribution is -2.18. The second kappa shape index (κ2) is 4.87. The molecule has 3 aromatic heterocycles. The first-order valence-electron chi connectivity index (χ1n) is 5.59. The predicted molar refractivity (Wildman–Crippen MR) is 75.0 cm³/mol. The number of nitrogens with zero attached hydrogens (tertiary/aromatic N) is 2. The molecule has 0 fully saturated rings. The molecule has 0 aliphatic heterocycles. The molecule has 18 heavy (non-hydrogen) atoms. The fraction of sp³-hybridized carbons (Fsp3) is 0.250.